The predicted octanol–water partition coefficient (Wildman–Crippen LogP) is 1.14. The maximum Gasteiger partial charge on any atom is 0.404 e. The van der Waals surface area contributed by atoms with E-state index in [4.69, 9.17) is 0 Å². The van der Waals surface area contributed by atoms with Gasteiger partial charge in [-0.15, -0.1) is 0 Å². The molecule has 1 unspecified atom stereocenters. The lowest BCUT2D eigenvalue weighted by Gasteiger charge is -2.16. The molecule has 0 fully saturated rings. The minimum atomic E-state index is -4.62. The van der Waals surface area contributed by atoms with E-state index >= 15 is 0 Å². The first-order chi connectivity index (χ1) is 8.48. The molecular weight excluding hydrogens is 245 g/mol. The summed E-state index contributed by atoms with van der Waals surface area (Å²) in [5, 5.41) is 0.582. The number of hydrogen-bond acceptors (Lipinski definition) is 2. The number of carbonyl (C=O) groups is 1. The summed E-state index contributed by atoms with van der Waals surface area (Å²) >= 11 is 0. The number of fused-ring (bicyclic) bond motifs is 3. The fraction of sp³-hybridized carbons (Fsp3) is 0.250. The van der Waals surface area contributed by atoms with E-state index in [9.17, 15) is 18.0 Å². The second-order valence-corrected chi connectivity index (χ2v) is 4.10. The SMILES string of the molecule is O=C1N=c2ccc3c(c2C1C(F)(F)F)C=CCN=3. The van der Waals surface area contributed by atoms with Crippen molar-refractivity contribution in [2.24, 2.45) is 9.98 Å². The van der Waals surface area contributed by atoms with Crippen molar-refractivity contribution in [1.29, 1.82) is 0 Å². The summed E-state index contributed by atoms with van der Waals surface area (Å²) in [6, 6.07) is 3.01. The molecule has 0 aromatic heterocycles. The van der Waals surface area contributed by atoms with E-state index in [-0.39, 0.29) is 10.9 Å². The lowest BCUT2D eigenvalue weighted by Crippen LogP contribution is -2.29. The first-order valence-electron chi connectivity index (χ1n) is 5.32. The van der Waals surface area contributed by atoms with Gasteiger partial charge in [-0.05, 0) is 12.1 Å². The van der Waals surface area contributed by atoms with Gasteiger partial charge in [0.15, 0.2) is 5.92 Å². The number of rotatable bonds is 0. The summed E-state index contributed by atoms with van der Waals surface area (Å²) in [6.07, 6.45) is -1.38. The quantitative estimate of drug-likeness (QED) is 0.682. The lowest BCUT2D eigenvalue weighted by atomic mass is 9.93. The smallest absolute Gasteiger partial charge is 0.281 e. The van der Waals surface area contributed by atoms with E-state index in [1.807, 2.05) is 0 Å². The molecule has 3 nitrogen and oxygen atoms in total. The van der Waals surface area contributed by atoms with Crippen molar-refractivity contribution in [2.45, 2.75) is 12.1 Å². The monoisotopic (exact) mass is 252 g/mol. The van der Waals surface area contributed by atoms with Crippen molar-refractivity contribution < 1.29 is 18.0 Å². The number of hydrogen-bond donors (Lipinski definition) is 0. The number of amides is 1. The highest BCUT2D eigenvalue weighted by Gasteiger charge is 2.50. The van der Waals surface area contributed by atoms with Gasteiger partial charge < -0.3 is 0 Å². The van der Waals surface area contributed by atoms with E-state index in [2.05, 4.69) is 9.98 Å². The van der Waals surface area contributed by atoms with Crippen molar-refractivity contribution in [2.75, 3.05) is 6.54 Å². The molecule has 6 heteroatoms. The van der Waals surface area contributed by atoms with Crippen LogP contribution in [0.4, 0.5) is 13.2 Å². The van der Waals surface area contributed by atoms with Crippen molar-refractivity contribution in [3.63, 3.8) is 0 Å². The molecule has 1 aromatic rings. The van der Waals surface area contributed by atoms with E-state index < -0.39 is 18.0 Å². The van der Waals surface area contributed by atoms with Crippen LogP contribution in [0.3, 0.4) is 0 Å². The Morgan fingerprint density at radius 3 is 2.67 bits per heavy atom. The first-order valence-corrected chi connectivity index (χ1v) is 5.32. The van der Waals surface area contributed by atoms with Crippen LogP contribution < -0.4 is 10.7 Å². The van der Waals surface area contributed by atoms with Crippen LogP contribution >= 0.6 is 0 Å². The van der Waals surface area contributed by atoms with Gasteiger partial charge in [-0.3, -0.25) is 9.79 Å². The maximum absolute atomic E-state index is 12.9. The third kappa shape index (κ3) is 1.48. The predicted molar refractivity (Wildman–Crippen MR) is 56.5 cm³/mol. The minimum absolute atomic E-state index is 0.0651. The number of alkyl halides is 3. The second kappa shape index (κ2) is 3.51. The van der Waals surface area contributed by atoms with Gasteiger partial charge in [0.1, 0.15) is 0 Å². The highest BCUT2D eigenvalue weighted by atomic mass is 19.4. The number of carbonyl (C=O) groups excluding carboxylic acids is 1. The molecule has 0 aliphatic carbocycles. The van der Waals surface area contributed by atoms with Gasteiger partial charge in [-0.2, -0.15) is 13.2 Å². The summed E-state index contributed by atoms with van der Waals surface area (Å²) < 4.78 is 38.8. The molecule has 0 spiro atoms. The van der Waals surface area contributed by atoms with E-state index in [0.717, 1.165) is 0 Å². The molecule has 0 bridgehead atoms. The molecular formula is C12H7F3N2O. The van der Waals surface area contributed by atoms with Crippen LogP contribution in [0.25, 0.3) is 6.08 Å². The Hall–Kier alpha value is -1.98. The minimum Gasteiger partial charge on any atom is -0.281 e. The van der Waals surface area contributed by atoms with Crippen molar-refractivity contribution in [3.05, 3.63) is 40.1 Å². The first kappa shape index (κ1) is 11.1. The molecule has 0 radical (unpaired) electrons. The van der Waals surface area contributed by atoms with E-state index in [1.165, 1.54) is 6.07 Å². The van der Waals surface area contributed by atoms with Gasteiger partial charge in [-0.25, -0.2) is 4.99 Å². The molecule has 2 heterocycles. The second-order valence-electron chi connectivity index (χ2n) is 4.10. The topological polar surface area (TPSA) is 41.8 Å². The molecule has 0 saturated carbocycles. The average molecular weight is 252 g/mol. The standard InChI is InChI=1S/C12H7F3N2O/c13-12(14,15)10-9-6-2-1-5-16-7(6)3-4-8(9)17-11(10)18/h1-4,10H,5H2. The molecule has 2 aliphatic heterocycles. The molecule has 3 rings (SSSR count). The van der Waals surface area contributed by atoms with Crippen molar-refractivity contribution in [1.82, 2.24) is 0 Å². The van der Waals surface area contributed by atoms with Gasteiger partial charge in [0.05, 0.1) is 17.3 Å². The zero-order valence-electron chi connectivity index (χ0n) is 9.03. The maximum atomic E-state index is 12.9. The van der Waals surface area contributed by atoms with Crippen molar-refractivity contribution >= 4 is 12.0 Å². The molecule has 0 N–H and O–H groups in total. The zero-order valence-corrected chi connectivity index (χ0v) is 9.03. The Kier molecular flexibility index (Phi) is 2.17. The Morgan fingerprint density at radius 2 is 1.94 bits per heavy atom. The van der Waals surface area contributed by atoms with Gasteiger partial charge in [-0.1, -0.05) is 12.2 Å². The normalized spacial score (nSPS) is 21.1. The Morgan fingerprint density at radius 1 is 1.22 bits per heavy atom. The fourth-order valence-corrected chi connectivity index (χ4v) is 2.26. The molecule has 2 aliphatic rings. The van der Waals surface area contributed by atoms with E-state index in [1.54, 1.807) is 18.2 Å². The Labute approximate surface area is 99.4 Å². The molecule has 1 atom stereocenters. The van der Waals surface area contributed by atoms with E-state index in [0.29, 0.717) is 17.5 Å². The van der Waals surface area contributed by atoms with Gasteiger partial charge in [0.2, 0.25) is 0 Å². The van der Waals surface area contributed by atoms with Crippen LogP contribution in [-0.4, -0.2) is 18.6 Å². The lowest BCUT2D eigenvalue weighted by molar-refractivity contribution is -0.161. The summed E-state index contributed by atoms with van der Waals surface area (Å²) in [5.41, 5.74) is 0.292. The number of benzene rings is 1. The molecule has 18 heavy (non-hydrogen) atoms. The fourth-order valence-electron chi connectivity index (χ4n) is 2.26. The highest BCUT2D eigenvalue weighted by molar-refractivity contribution is 5.89. The largest absolute Gasteiger partial charge is 0.404 e. The third-order valence-electron chi connectivity index (χ3n) is 2.99. The average Bonchev–Trinajstić information content (AvgIpc) is 2.65. The summed E-state index contributed by atoms with van der Waals surface area (Å²) in [5.74, 6) is -3.30. The summed E-state index contributed by atoms with van der Waals surface area (Å²) in [4.78, 5) is 19.0. The van der Waals surface area contributed by atoms with Gasteiger partial charge >= 0.3 is 6.18 Å². The Bertz CT molecular complexity index is 688. The Balaban J connectivity index is 2.34. The zero-order chi connectivity index (χ0) is 12.9. The molecule has 1 aromatic carbocycles. The van der Waals surface area contributed by atoms with Crippen LogP contribution in [0.2, 0.25) is 0 Å². The van der Waals surface area contributed by atoms with Gasteiger partial charge in [0, 0.05) is 11.1 Å². The van der Waals surface area contributed by atoms with Gasteiger partial charge in [0.25, 0.3) is 5.91 Å². The van der Waals surface area contributed by atoms with Crippen LogP contribution in [0.15, 0.2) is 28.2 Å². The van der Waals surface area contributed by atoms with Crippen LogP contribution in [0.5, 0.6) is 0 Å². The van der Waals surface area contributed by atoms with Crippen LogP contribution in [0, 0.1) is 0 Å². The number of nitrogens with zero attached hydrogens (tertiary/aromatic N) is 2. The highest BCUT2D eigenvalue weighted by Crippen LogP contribution is 2.37. The number of halogens is 3. The molecule has 1 amide bonds. The van der Waals surface area contributed by atoms with Crippen LogP contribution in [-0.2, 0) is 4.79 Å². The third-order valence-corrected chi connectivity index (χ3v) is 2.99. The van der Waals surface area contributed by atoms with Crippen LogP contribution in [0.1, 0.15) is 17.0 Å². The van der Waals surface area contributed by atoms with Crippen molar-refractivity contribution in [3.8, 4) is 0 Å². The summed E-state index contributed by atoms with van der Waals surface area (Å²) in [6.45, 7) is 0.438. The molecule has 92 valence electrons. The molecule has 0 saturated heterocycles. The summed E-state index contributed by atoms with van der Waals surface area (Å²) in [7, 11) is 0.